The minimum absolute atomic E-state index is 0.0445. The molecule has 0 spiro atoms. The van der Waals surface area contributed by atoms with Gasteiger partial charge >= 0.3 is 6.18 Å². The number of halogens is 3. The zero-order chi connectivity index (χ0) is 13.7. The molecule has 0 fully saturated rings. The van der Waals surface area contributed by atoms with E-state index in [1.54, 1.807) is 12.3 Å². The number of ether oxygens (including phenoxy) is 1. The molecule has 19 heavy (non-hydrogen) atoms. The van der Waals surface area contributed by atoms with E-state index in [9.17, 15) is 13.2 Å². The lowest BCUT2D eigenvalue weighted by atomic mass is 10.1. The number of hydrogen-bond donors (Lipinski definition) is 1. The van der Waals surface area contributed by atoms with Crippen molar-refractivity contribution in [2.24, 2.45) is 0 Å². The van der Waals surface area contributed by atoms with Crippen LogP contribution >= 0.6 is 0 Å². The molecule has 1 aliphatic rings. The first-order valence-corrected chi connectivity index (χ1v) is 6.23. The van der Waals surface area contributed by atoms with Crippen LogP contribution in [0.5, 0.6) is 0 Å². The molecule has 1 aromatic carbocycles. The van der Waals surface area contributed by atoms with E-state index in [2.05, 4.69) is 5.32 Å². The van der Waals surface area contributed by atoms with Crippen molar-refractivity contribution < 1.29 is 17.9 Å². The number of nitrogens with one attached hydrogen (secondary N) is 1. The fourth-order valence-corrected chi connectivity index (χ4v) is 2.05. The predicted octanol–water partition coefficient (Wildman–Crippen LogP) is 3.49. The first-order chi connectivity index (χ1) is 9.07. The maximum atomic E-state index is 12.8. The lowest BCUT2D eigenvalue weighted by molar-refractivity contribution is -0.138. The molecular weight excluding hydrogens is 255 g/mol. The second-order valence-corrected chi connectivity index (χ2v) is 4.49. The van der Waals surface area contributed by atoms with Crippen LogP contribution in [0.25, 0.3) is 0 Å². The third-order valence-corrected chi connectivity index (χ3v) is 3.03. The molecule has 1 heterocycles. The van der Waals surface area contributed by atoms with Crippen LogP contribution in [0.1, 0.15) is 24.0 Å². The van der Waals surface area contributed by atoms with Crippen molar-refractivity contribution in [2.45, 2.75) is 31.7 Å². The molecule has 0 bridgehead atoms. The second-order valence-electron chi connectivity index (χ2n) is 4.49. The van der Waals surface area contributed by atoms with Gasteiger partial charge in [0, 0.05) is 13.1 Å². The lowest BCUT2D eigenvalue weighted by Crippen LogP contribution is -2.29. The number of rotatable bonds is 4. The van der Waals surface area contributed by atoms with E-state index in [1.807, 2.05) is 6.08 Å². The number of benzene rings is 1. The molecule has 0 aliphatic carbocycles. The third-order valence-electron chi connectivity index (χ3n) is 3.03. The Morgan fingerprint density at radius 1 is 1.26 bits per heavy atom. The molecule has 1 aromatic rings. The van der Waals surface area contributed by atoms with Crippen LogP contribution in [-0.4, -0.2) is 12.6 Å². The Balaban J connectivity index is 1.90. The molecule has 2 rings (SSSR count). The fourth-order valence-electron chi connectivity index (χ4n) is 2.05. The molecule has 1 atom stereocenters. The van der Waals surface area contributed by atoms with E-state index in [0.29, 0.717) is 6.54 Å². The van der Waals surface area contributed by atoms with Gasteiger partial charge in [-0.1, -0.05) is 18.2 Å². The summed E-state index contributed by atoms with van der Waals surface area (Å²) in [6.45, 7) is 0.746. The highest BCUT2D eigenvalue weighted by molar-refractivity contribution is 5.29. The van der Waals surface area contributed by atoms with Gasteiger partial charge in [0.1, 0.15) is 6.10 Å². The van der Waals surface area contributed by atoms with Crippen molar-refractivity contribution >= 4 is 0 Å². The van der Waals surface area contributed by atoms with Gasteiger partial charge in [0.15, 0.2) is 0 Å². The molecule has 1 N–H and O–H groups in total. The van der Waals surface area contributed by atoms with Crippen LogP contribution in [-0.2, 0) is 17.5 Å². The highest BCUT2D eigenvalue weighted by atomic mass is 19.4. The van der Waals surface area contributed by atoms with Gasteiger partial charge in [0.05, 0.1) is 11.8 Å². The molecular formula is C14H16F3NO. The molecule has 0 saturated heterocycles. The zero-order valence-electron chi connectivity index (χ0n) is 10.4. The molecule has 0 saturated carbocycles. The van der Waals surface area contributed by atoms with Crippen molar-refractivity contribution in [3.05, 3.63) is 47.7 Å². The Hall–Kier alpha value is -1.49. The Labute approximate surface area is 110 Å². The van der Waals surface area contributed by atoms with Gasteiger partial charge in [-0.15, -0.1) is 0 Å². The van der Waals surface area contributed by atoms with Gasteiger partial charge in [-0.25, -0.2) is 0 Å². The van der Waals surface area contributed by atoms with E-state index >= 15 is 0 Å². The minimum Gasteiger partial charge on any atom is -0.497 e. The number of alkyl halides is 3. The largest absolute Gasteiger partial charge is 0.497 e. The normalized spacial score (nSPS) is 19.2. The summed E-state index contributed by atoms with van der Waals surface area (Å²) in [6.07, 6.45) is 1.18. The molecule has 1 aliphatic heterocycles. The van der Waals surface area contributed by atoms with Crippen molar-refractivity contribution in [3.8, 4) is 0 Å². The molecule has 1 unspecified atom stereocenters. The summed E-state index contributed by atoms with van der Waals surface area (Å²) in [7, 11) is 0. The molecule has 0 radical (unpaired) electrons. The smallest absolute Gasteiger partial charge is 0.416 e. The van der Waals surface area contributed by atoms with E-state index in [4.69, 9.17) is 4.74 Å². The lowest BCUT2D eigenvalue weighted by Gasteiger charge is -2.20. The van der Waals surface area contributed by atoms with Gasteiger partial charge in [-0.05, 0) is 30.5 Å². The maximum absolute atomic E-state index is 12.8. The summed E-state index contributed by atoms with van der Waals surface area (Å²) in [5, 5.41) is 3.02. The Kier molecular flexibility index (Phi) is 4.47. The summed E-state index contributed by atoms with van der Waals surface area (Å²) >= 11 is 0. The summed E-state index contributed by atoms with van der Waals surface area (Å²) in [5.41, 5.74) is -0.312. The second kappa shape index (κ2) is 6.10. The highest BCUT2D eigenvalue weighted by Crippen LogP contribution is 2.31. The summed E-state index contributed by atoms with van der Waals surface area (Å²) in [4.78, 5) is 0. The van der Waals surface area contributed by atoms with Crippen LogP contribution in [0, 0.1) is 0 Å². The monoisotopic (exact) mass is 271 g/mol. The first kappa shape index (κ1) is 13.9. The van der Waals surface area contributed by atoms with Crippen molar-refractivity contribution in [3.63, 3.8) is 0 Å². The van der Waals surface area contributed by atoms with Gasteiger partial charge in [0.25, 0.3) is 0 Å². The molecule has 5 heteroatoms. The highest BCUT2D eigenvalue weighted by Gasteiger charge is 2.32. The Morgan fingerprint density at radius 3 is 2.74 bits per heavy atom. The van der Waals surface area contributed by atoms with E-state index in [1.165, 1.54) is 12.1 Å². The SMILES string of the molecule is FC(F)(F)c1ccccc1CNCC1CCC=CO1. The van der Waals surface area contributed by atoms with E-state index in [0.717, 1.165) is 18.9 Å². The predicted molar refractivity (Wildman–Crippen MR) is 66.4 cm³/mol. The Morgan fingerprint density at radius 2 is 2.05 bits per heavy atom. The summed E-state index contributed by atoms with van der Waals surface area (Å²) in [6, 6.07) is 5.63. The van der Waals surface area contributed by atoms with Crippen molar-refractivity contribution in [2.75, 3.05) is 6.54 Å². The number of allylic oxidation sites excluding steroid dienone is 1. The molecule has 0 aromatic heterocycles. The molecule has 2 nitrogen and oxygen atoms in total. The van der Waals surface area contributed by atoms with Crippen LogP contribution in [0.3, 0.4) is 0 Å². The fraction of sp³-hybridized carbons (Fsp3) is 0.429. The van der Waals surface area contributed by atoms with E-state index < -0.39 is 11.7 Å². The summed E-state index contributed by atoms with van der Waals surface area (Å²) in [5.74, 6) is 0. The van der Waals surface area contributed by atoms with Crippen molar-refractivity contribution in [1.29, 1.82) is 0 Å². The number of hydrogen-bond acceptors (Lipinski definition) is 2. The van der Waals surface area contributed by atoms with Gasteiger partial charge < -0.3 is 10.1 Å². The molecule has 0 amide bonds. The third kappa shape index (κ3) is 3.99. The average Bonchev–Trinajstić information content (AvgIpc) is 2.39. The van der Waals surface area contributed by atoms with Gasteiger partial charge in [-0.3, -0.25) is 0 Å². The van der Waals surface area contributed by atoms with Gasteiger partial charge in [0.2, 0.25) is 0 Å². The topological polar surface area (TPSA) is 21.3 Å². The molecule has 104 valence electrons. The van der Waals surface area contributed by atoms with Gasteiger partial charge in [-0.2, -0.15) is 13.2 Å². The first-order valence-electron chi connectivity index (χ1n) is 6.23. The minimum atomic E-state index is -4.30. The van der Waals surface area contributed by atoms with E-state index in [-0.39, 0.29) is 18.2 Å². The standard InChI is InChI=1S/C14H16F3NO/c15-14(16,17)13-7-2-1-5-11(13)9-18-10-12-6-3-4-8-19-12/h1-2,4-5,7-8,12,18H,3,6,9-10H2. The van der Waals surface area contributed by atoms with Crippen LogP contribution < -0.4 is 5.32 Å². The van der Waals surface area contributed by atoms with Crippen LogP contribution in [0.4, 0.5) is 13.2 Å². The maximum Gasteiger partial charge on any atom is 0.416 e. The Bertz CT molecular complexity index is 443. The summed E-state index contributed by atoms with van der Waals surface area (Å²) < 4.78 is 43.7. The van der Waals surface area contributed by atoms with Crippen molar-refractivity contribution in [1.82, 2.24) is 5.32 Å². The van der Waals surface area contributed by atoms with Crippen LogP contribution in [0.2, 0.25) is 0 Å². The zero-order valence-corrected chi connectivity index (χ0v) is 10.4. The van der Waals surface area contributed by atoms with Crippen LogP contribution in [0.15, 0.2) is 36.6 Å². The average molecular weight is 271 g/mol. The quantitative estimate of drug-likeness (QED) is 0.905.